The number of fused-ring (bicyclic) bond motifs is 1. The van der Waals surface area contributed by atoms with Crippen molar-refractivity contribution in [1.82, 2.24) is 9.78 Å². The number of aromatic nitrogens is 2. The van der Waals surface area contributed by atoms with E-state index in [4.69, 9.17) is 0 Å². The summed E-state index contributed by atoms with van der Waals surface area (Å²) in [6.45, 7) is 3.95. The molecule has 0 bridgehead atoms. The van der Waals surface area contributed by atoms with Crippen molar-refractivity contribution >= 4 is 5.78 Å². The van der Waals surface area contributed by atoms with E-state index in [1.807, 2.05) is 19.1 Å². The standard InChI is InChI=1S/C21H19FN2O/c1-13-5-3-4-6-18(13)15-11-19-21(20(25)12-15)14(2)23-24(19)17-9-7-16(22)8-10-17/h3-10,15H,11-12H2,1-2H3/t15-/m1/s1. The van der Waals surface area contributed by atoms with Crippen molar-refractivity contribution in [3.8, 4) is 5.69 Å². The van der Waals surface area contributed by atoms with Gasteiger partial charge in [0, 0.05) is 6.42 Å². The Kier molecular flexibility index (Phi) is 3.75. The Bertz CT molecular complexity index is 957. The molecule has 1 aliphatic carbocycles. The minimum Gasteiger partial charge on any atom is -0.294 e. The van der Waals surface area contributed by atoms with Crippen molar-refractivity contribution in [2.45, 2.75) is 32.6 Å². The number of nitrogens with zero attached hydrogens (tertiary/aromatic N) is 2. The molecule has 0 spiro atoms. The second-order valence-electron chi connectivity index (χ2n) is 6.68. The van der Waals surface area contributed by atoms with Gasteiger partial charge in [-0.15, -0.1) is 0 Å². The van der Waals surface area contributed by atoms with E-state index in [1.165, 1.54) is 23.3 Å². The van der Waals surface area contributed by atoms with Crippen LogP contribution < -0.4 is 0 Å². The van der Waals surface area contributed by atoms with E-state index in [2.05, 4.69) is 24.2 Å². The summed E-state index contributed by atoms with van der Waals surface area (Å²) >= 11 is 0. The molecule has 3 nitrogen and oxygen atoms in total. The average Bonchev–Trinajstić information content (AvgIpc) is 2.93. The summed E-state index contributed by atoms with van der Waals surface area (Å²) in [4.78, 5) is 12.8. The van der Waals surface area contributed by atoms with Crippen LogP contribution in [-0.2, 0) is 6.42 Å². The van der Waals surface area contributed by atoms with Crippen LogP contribution in [0.2, 0.25) is 0 Å². The second-order valence-corrected chi connectivity index (χ2v) is 6.68. The number of aryl methyl sites for hydroxylation is 2. The third-order valence-corrected chi connectivity index (χ3v) is 5.01. The maximum absolute atomic E-state index is 13.3. The zero-order valence-corrected chi connectivity index (χ0v) is 14.3. The number of Topliss-reactive ketones (excluding diaryl/α,β-unsaturated/α-hetero) is 1. The summed E-state index contributed by atoms with van der Waals surface area (Å²) in [5, 5.41) is 4.57. The number of ketones is 1. The molecule has 25 heavy (non-hydrogen) atoms. The fourth-order valence-electron chi connectivity index (χ4n) is 3.82. The molecule has 0 aliphatic heterocycles. The van der Waals surface area contributed by atoms with Crippen LogP contribution in [0.3, 0.4) is 0 Å². The van der Waals surface area contributed by atoms with Crippen LogP contribution in [0, 0.1) is 19.7 Å². The lowest BCUT2D eigenvalue weighted by Crippen LogP contribution is -2.21. The molecule has 2 aromatic carbocycles. The van der Waals surface area contributed by atoms with Crippen molar-refractivity contribution in [3.05, 3.63) is 82.4 Å². The molecule has 1 atom stereocenters. The third kappa shape index (κ3) is 2.68. The highest BCUT2D eigenvalue weighted by Crippen LogP contribution is 2.36. The van der Waals surface area contributed by atoms with Gasteiger partial charge < -0.3 is 0 Å². The first kappa shape index (κ1) is 15.8. The average molecular weight is 334 g/mol. The van der Waals surface area contributed by atoms with E-state index in [0.717, 1.165) is 29.1 Å². The number of carbonyl (C=O) groups is 1. The number of carbonyl (C=O) groups excluding carboxylic acids is 1. The summed E-state index contributed by atoms with van der Waals surface area (Å²) in [5.74, 6) is 0.00669. The molecule has 1 heterocycles. The Morgan fingerprint density at radius 1 is 1.04 bits per heavy atom. The van der Waals surface area contributed by atoms with Gasteiger partial charge in [-0.1, -0.05) is 24.3 Å². The first-order chi connectivity index (χ1) is 12.0. The maximum Gasteiger partial charge on any atom is 0.167 e. The second kappa shape index (κ2) is 5.96. The van der Waals surface area contributed by atoms with Crippen LogP contribution in [0.5, 0.6) is 0 Å². The molecule has 1 aromatic heterocycles. The number of hydrogen-bond acceptors (Lipinski definition) is 2. The molecule has 4 rings (SSSR count). The van der Waals surface area contributed by atoms with Crippen LogP contribution >= 0.6 is 0 Å². The molecule has 3 aromatic rings. The lowest BCUT2D eigenvalue weighted by atomic mass is 9.80. The van der Waals surface area contributed by atoms with Crippen LogP contribution in [-0.4, -0.2) is 15.6 Å². The van der Waals surface area contributed by atoms with Gasteiger partial charge in [0.2, 0.25) is 0 Å². The predicted octanol–water partition coefficient (Wildman–Crippen LogP) is 4.54. The fraction of sp³-hybridized carbons (Fsp3) is 0.238. The SMILES string of the molecule is Cc1ccccc1[C@H]1CC(=O)c2c(C)nn(-c3ccc(F)cc3)c2C1. The van der Waals surface area contributed by atoms with Crippen molar-refractivity contribution in [2.24, 2.45) is 0 Å². The van der Waals surface area contributed by atoms with Crippen LogP contribution in [0.25, 0.3) is 5.69 Å². The van der Waals surface area contributed by atoms with Gasteiger partial charge >= 0.3 is 0 Å². The molecule has 0 radical (unpaired) electrons. The summed E-state index contributed by atoms with van der Waals surface area (Å²) in [6, 6.07) is 14.5. The van der Waals surface area contributed by atoms with Crippen LogP contribution in [0.15, 0.2) is 48.5 Å². The highest BCUT2D eigenvalue weighted by Gasteiger charge is 2.32. The minimum atomic E-state index is -0.282. The first-order valence-corrected chi connectivity index (χ1v) is 8.47. The molecule has 126 valence electrons. The maximum atomic E-state index is 13.3. The van der Waals surface area contributed by atoms with Gasteiger partial charge in [0.1, 0.15) is 5.82 Å². The van der Waals surface area contributed by atoms with Crippen LogP contribution in [0.1, 0.15) is 45.2 Å². The quantitative estimate of drug-likeness (QED) is 0.689. The van der Waals surface area contributed by atoms with Crippen molar-refractivity contribution in [2.75, 3.05) is 0 Å². The molecule has 0 fully saturated rings. The van der Waals surface area contributed by atoms with Crippen molar-refractivity contribution < 1.29 is 9.18 Å². The van der Waals surface area contributed by atoms with Crippen molar-refractivity contribution in [1.29, 1.82) is 0 Å². The minimum absolute atomic E-state index is 0.139. The molecule has 1 aliphatic rings. The van der Waals surface area contributed by atoms with E-state index >= 15 is 0 Å². The third-order valence-electron chi connectivity index (χ3n) is 5.01. The summed E-state index contributed by atoms with van der Waals surface area (Å²) in [7, 11) is 0. The zero-order valence-electron chi connectivity index (χ0n) is 14.3. The molecular formula is C21H19FN2O. The van der Waals surface area contributed by atoms with Crippen LogP contribution in [0.4, 0.5) is 4.39 Å². The Labute approximate surface area is 146 Å². The lowest BCUT2D eigenvalue weighted by Gasteiger charge is -2.24. The smallest absolute Gasteiger partial charge is 0.167 e. The summed E-state index contributed by atoms with van der Waals surface area (Å²) < 4.78 is 15.1. The number of halogens is 1. The topological polar surface area (TPSA) is 34.9 Å². The van der Waals surface area contributed by atoms with E-state index in [-0.39, 0.29) is 17.5 Å². The van der Waals surface area contributed by atoms with Gasteiger partial charge in [-0.3, -0.25) is 4.79 Å². The number of benzene rings is 2. The highest BCUT2D eigenvalue weighted by atomic mass is 19.1. The van der Waals surface area contributed by atoms with Gasteiger partial charge in [0.05, 0.1) is 22.6 Å². The Morgan fingerprint density at radius 2 is 1.76 bits per heavy atom. The Morgan fingerprint density at radius 3 is 2.48 bits per heavy atom. The molecule has 0 saturated heterocycles. The summed E-state index contributed by atoms with van der Waals surface area (Å²) in [5.41, 5.74) is 5.60. The monoisotopic (exact) mass is 334 g/mol. The lowest BCUT2D eigenvalue weighted by molar-refractivity contribution is 0.0963. The van der Waals surface area contributed by atoms with E-state index < -0.39 is 0 Å². The van der Waals surface area contributed by atoms with E-state index in [0.29, 0.717) is 6.42 Å². The Balaban J connectivity index is 1.81. The molecule has 0 saturated carbocycles. The van der Waals surface area contributed by atoms with Gasteiger partial charge in [0.25, 0.3) is 0 Å². The molecule has 0 amide bonds. The summed E-state index contributed by atoms with van der Waals surface area (Å²) in [6.07, 6.45) is 1.26. The highest BCUT2D eigenvalue weighted by molar-refractivity contribution is 6.00. The van der Waals surface area contributed by atoms with E-state index in [1.54, 1.807) is 16.8 Å². The number of rotatable bonds is 2. The molecular weight excluding hydrogens is 315 g/mol. The molecule has 0 N–H and O–H groups in total. The van der Waals surface area contributed by atoms with Gasteiger partial charge in [-0.05, 0) is 61.6 Å². The predicted molar refractivity (Wildman–Crippen MR) is 94.8 cm³/mol. The Hall–Kier alpha value is -2.75. The molecule has 4 heteroatoms. The molecule has 0 unspecified atom stereocenters. The normalized spacial score (nSPS) is 16.8. The largest absolute Gasteiger partial charge is 0.294 e. The van der Waals surface area contributed by atoms with E-state index in [9.17, 15) is 9.18 Å². The fourth-order valence-corrected chi connectivity index (χ4v) is 3.82. The van der Waals surface area contributed by atoms with Gasteiger partial charge in [0.15, 0.2) is 5.78 Å². The zero-order chi connectivity index (χ0) is 17.6. The van der Waals surface area contributed by atoms with Crippen molar-refractivity contribution in [3.63, 3.8) is 0 Å². The van der Waals surface area contributed by atoms with Gasteiger partial charge in [-0.25, -0.2) is 9.07 Å². The van der Waals surface area contributed by atoms with Gasteiger partial charge in [-0.2, -0.15) is 5.10 Å². The number of hydrogen-bond donors (Lipinski definition) is 0. The first-order valence-electron chi connectivity index (χ1n) is 8.47.